The van der Waals surface area contributed by atoms with Crippen molar-refractivity contribution in [1.82, 2.24) is 4.98 Å². The molecule has 1 aromatic heterocycles. The van der Waals surface area contributed by atoms with Gasteiger partial charge >= 0.3 is 5.97 Å². The molecule has 0 fully saturated rings. The number of nitrogens with zero attached hydrogens (tertiary/aromatic N) is 1. The highest BCUT2D eigenvalue weighted by molar-refractivity contribution is 5.96. The van der Waals surface area contributed by atoms with Crippen LogP contribution in [0.1, 0.15) is 28.4 Å². The van der Waals surface area contributed by atoms with E-state index in [1.807, 2.05) is 26.0 Å². The maximum Gasteiger partial charge on any atom is 0.344 e. The van der Waals surface area contributed by atoms with Crippen molar-refractivity contribution in [2.24, 2.45) is 0 Å². The van der Waals surface area contributed by atoms with Crippen molar-refractivity contribution < 1.29 is 19.1 Å². The fourth-order valence-corrected chi connectivity index (χ4v) is 2.02. The van der Waals surface area contributed by atoms with E-state index in [-0.39, 0.29) is 18.1 Å². The Morgan fingerprint density at radius 1 is 1.17 bits per heavy atom. The topological polar surface area (TPSA) is 77.5 Å². The Bertz CT molecular complexity index is 744. The molecule has 0 saturated carbocycles. The van der Waals surface area contributed by atoms with Crippen LogP contribution >= 0.6 is 0 Å². The molecule has 24 heavy (non-hydrogen) atoms. The van der Waals surface area contributed by atoms with Gasteiger partial charge in [0.05, 0.1) is 6.61 Å². The third-order valence-electron chi connectivity index (χ3n) is 3.40. The lowest BCUT2D eigenvalue weighted by atomic mass is 10.1. The smallest absolute Gasteiger partial charge is 0.344 e. The van der Waals surface area contributed by atoms with E-state index in [0.717, 1.165) is 11.1 Å². The Labute approximate surface area is 140 Å². The van der Waals surface area contributed by atoms with Crippen molar-refractivity contribution in [1.29, 1.82) is 0 Å². The minimum Gasteiger partial charge on any atom is -0.477 e. The molecule has 0 aliphatic carbocycles. The van der Waals surface area contributed by atoms with Gasteiger partial charge in [0.2, 0.25) is 5.88 Å². The number of esters is 1. The molecule has 1 N–H and O–H groups in total. The molecule has 6 nitrogen and oxygen atoms in total. The first-order valence-electron chi connectivity index (χ1n) is 7.63. The van der Waals surface area contributed by atoms with E-state index < -0.39 is 11.9 Å². The number of aryl methyl sites for hydroxylation is 2. The number of rotatable bonds is 6. The number of ether oxygens (including phenoxy) is 2. The number of pyridine rings is 1. The molecule has 1 amide bonds. The zero-order valence-corrected chi connectivity index (χ0v) is 14.0. The van der Waals surface area contributed by atoms with Crippen LogP contribution in [0.4, 0.5) is 5.69 Å². The number of hydrogen-bond donors (Lipinski definition) is 1. The predicted molar refractivity (Wildman–Crippen MR) is 90.2 cm³/mol. The fraction of sp³-hybridized carbons (Fsp3) is 0.278. The summed E-state index contributed by atoms with van der Waals surface area (Å²) in [5.74, 6) is -0.866. The lowest BCUT2D eigenvalue weighted by molar-refractivity contribution is -0.119. The first kappa shape index (κ1) is 17.5. The van der Waals surface area contributed by atoms with Crippen LogP contribution in [0.2, 0.25) is 0 Å². The highest BCUT2D eigenvalue weighted by Gasteiger charge is 2.16. The Hall–Kier alpha value is -2.89. The Kier molecular flexibility index (Phi) is 5.89. The highest BCUT2D eigenvalue weighted by atomic mass is 16.5. The van der Waals surface area contributed by atoms with Gasteiger partial charge < -0.3 is 14.8 Å². The second-order valence-electron chi connectivity index (χ2n) is 5.21. The highest BCUT2D eigenvalue weighted by Crippen LogP contribution is 2.16. The molecule has 0 aliphatic heterocycles. The van der Waals surface area contributed by atoms with Gasteiger partial charge in [0.1, 0.15) is 5.56 Å². The van der Waals surface area contributed by atoms with E-state index in [4.69, 9.17) is 9.47 Å². The third-order valence-corrected chi connectivity index (χ3v) is 3.40. The van der Waals surface area contributed by atoms with Crippen molar-refractivity contribution in [2.45, 2.75) is 20.8 Å². The van der Waals surface area contributed by atoms with Crippen molar-refractivity contribution >= 4 is 17.6 Å². The molecule has 0 saturated heterocycles. The Morgan fingerprint density at radius 2 is 1.96 bits per heavy atom. The maximum atomic E-state index is 12.1. The van der Waals surface area contributed by atoms with Crippen molar-refractivity contribution in [3.05, 3.63) is 53.2 Å². The largest absolute Gasteiger partial charge is 0.477 e. The molecule has 0 radical (unpaired) electrons. The number of nitrogens with one attached hydrogen (secondary N) is 1. The van der Waals surface area contributed by atoms with Gasteiger partial charge in [-0.15, -0.1) is 0 Å². The normalized spacial score (nSPS) is 10.1. The van der Waals surface area contributed by atoms with E-state index in [2.05, 4.69) is 10.3 Å². The van der Waals surface area contributed by atoms with Gasteiger partial charge in [0.15, 0.2) is 6.61 Å². The van der Waals surface area contributed by atoms with E-state index in [1.54, 1.807) is 25.1 Å². The summed E-state index contributed by atoms with van der Waals surface area (Å²) < 4.78 is 10.3. The van der Waals surface area contributed by atoms with Crippen LogP contribution < -0.4 is 10.1 Å². The molecular formula is C18H20N2O4. The van der Waals surface area contributed by atoms with Gasteiger partial charge in [0.25, 0.3) is 5.91 Å². The second-order valence-corrected chi connectivity index (χ2v) is 5.21. The summed E-state index contributed by atoms with van der Waals surface area (Å²) in [6.07, 6.45) is 1.52. The quantitative estimate of drug-likeness (QED) is 0.825. The lowest BCUT2D eigenvalue weighted by Gasteiger charge is -2.10. The Balaban J connectivity index is 1.94. The lowest BCUT2D eigenvalue weighted by Crippen LogP contribution is -2.21. The molecular weight excluding hydrogens is 308 g/mol. The number of aromatic nitrogens is 1. The van der Waals surface area contributed by atoms with Crippen LogP contribution in [0, 0.1) is 13.8 Å². The summed E-state index contributed by atoms with van der Waals surface area (Å²) in [5.41, 5.74) is 3.06. The zero-order chi connectivity index (χ0) is 17.5. The maximum absolute atomic E-state index is 12.1. The molecule has 0 unspecified atom stereocenters. The van der Waals surface area contributed by atoms with E-state index in [0.29, 0.717) is 12.3 Å². The molecule has 0 spiro atoms. The fourth-order valence-electron chi connectivity index (χ4n) is 2.02. The van der Waals surface area contributed by atoms with Gasteiger partial charge in [-0.3, -0.25) is 4.79 Å². The molecule has 0 aliphatic rings. The van der Waals surface area contributed by atoms with Crippen molar-refractivity contribution in [3.8, 4) is 5.88 Å². The van der Waals surface area contributed by atoms with Crippen LogP contribution in [-0.2, 0) is 9.53 Å². The number of hydrogen-bond acceptors (Lipinski definition) is 5. The van der Waals surface area contributed by atoms with Crippen LogP contribution in [-0.4, -0.2) is 30.1 Å². The van der Waals surface area contributed by atoms with E-state index >= 15 is 0 Å². The van der Waals surface area contributed by atoms with E-state index in [9.17, 15) is 9.59 Å². The van der Waals surface area contributed by atoms with Crippen LogP contribution in [0.15, 0.2) is 36.5 Å². The summed E-state index contributed by atoms with van der Waals surface area (Å²) in [7, 11) is 0. The van der Waals surface area contributed by atoms with Crippen molar-refractivity contribution in [3.63, 3.8) is 0 Å². The first-order chi connectivity index (χ1) is 11.5. The predicted octanol–water partition coefficient (Wildman–Crippen LogP) is 2.89. The minimum absolute atomic E-state index is 0.193. The average Bonchev–Trinajstić information content (AvgIpc) is 2.57. The van der Waals surface area contributed by atoms with Gasteiger partial charge in [0, 0.05) is 11.9 Å². The summed E-state index contributed by atoms with van der Waals surface area (Å²) in [6, 6.07) is 8.73. The van der Waals surface area contributed by atoms with Crippen LogP contribution in [0.25, 0.3) is 0 Å². The van der Waals surface area contributed by atoms with Crippen LogP contribution in [0.5, 0.6) is 5.88 Å². The molecule has 126 valence electrons. The number of anilines is 1. The monoisotopic (exact) mass is 328 g/mol. The number of carbonyl (C=O) groups is 2. The van der Waals surface area contributed by atoms with Crippen LogP contribution in [0.3, 0.4) is 0 Å². The molecule has 0 atom stereocenters. The molecule has 1 aromatic carbocycles. The summed E-state index contributed by atoms with van der Waals surface area (Å²) in [6.45, 7) is 5.74. The molecule has 1 heterocycles. The van der Waals surface area contributed by atoms with E-state index in [1.165, 1.54) is 6.20 Å². The number of carbonyl (C=O) groups excluding carboxylic acids is 2. The molecule has 0 bridgehead atoms. The molecule has 6 heteroatoms. The summed E-state index contributed by atoms with van der Waals surface area (Å²) in [4.78, 5) is 28.0. The summed E-state index contributed by atoms with van der Waals surface area (Å²) >= 11 is 0. The summed E-state index contributed by atoms with van der Waals surface area (Å²) in [5, 5.41) is 2.69. The van der Waals surface area contributed by atoms with Gasteiger partial charge in [-0.2, -0.15) is 0 Å². The average molecular weight is 328 g/mol. The van der Waals surface area contributed by atoms with Gasteiger partial charge in [-0.25, -0.2) is 9.78 Å². The number of benzene rings is 1. The second kappa shape index (κ2) is 8.10. The standard InChI is InChI=1S/C18H20N2O4/c1-4-23-17-15(6-5-9-19-17)18(22)24-11-16(21)20-14-8-7-12(2)13(3)10-14/h5-10H,4,11H2,1-3H3,(H,20,21). The van der Waals surface area contributed by atoms with Gasteiger partial charge in [-0.05, 0) is 56.2 Å². The first-order valence-corrected chi connectivity index (χ1v) is 7.63. The third kappa shape index (κ3) is 4.55. The van der Waals surface area contributed by atoms with Gasteiger partial charge in [-0.1, -0.05) is 6.07 Å². The minimum atomic E-state index is -0.651. The zero-order valence-electron chi connectivity index (χ0n) is 14.0. The SMILES string of the molecule is CCOc1ncccc1C(=O)OCC(=O)Nc1ccc(C)c(C)c1. The molecule has 2 aromatic rings. The van der Waals surface area contributed by atoms with Crippen molar-refractivity contribution in [2.75, 3.05) is 18.5 Å². The Morgan fingerprint density at radius 3 is 2.67 bits per heavy atom. The molecule has 2 rings (SSSR count). The number of amides is 1.